The number of hydrogen-bond donors (Lipinski definition) is 1. The Morgan fingerprint density at radius 3 is 2.25 bits per heavy atom. The molecule has 1 N–H and O–H groups in total. The molecule has 1 aliphatic heterocycles. The number of methoxy groups -OCH3 is 1. The number of aromatic hydroxyl groups is 1. The van der Waals surface area contributed by atoms with Gasteiger partial charge in [-0.2, -0.15) is 0 Å². The van der Waals surface area contributed by atoms with E-state index in [1.165, 1.54) is 5.56 Å². The van der Waals surface area contributed by atoms with Crippen LogP contribution in [0, 0.1) is 11.8 Å². The second-order valence-corrected chi connectivity index (χ2v) is 7.03. The molecule has 3 rings (SSSR count). The SMILES string of the molecule is COc1cc(C[C@H]2COC[C@@H]2Cc2ccc(Cl)c(Cl)c2)ccc1O. The second-order valence-electron chi connectivity index (χ2n) is 6.22. The summed E-state index contributed by atoms with van der Waals surface area (Å²) in [5.41, 5.74) is 2.31. The van der Waals surface area contributed by atoms with Gasteiger partial charge in [-0.1, -0.05) is 35.3 Å². The Kier molecular flexibility index (Phi) is 5.54. The first-order valence-electron chi connectivity index (χ1n) is 7.94. The van der Waals surface area contributed by atoms with E-state index in [0.717, 1.165) is 31.6 Å². The quantitative estimate of drug-likeness (QED) is 0.829. The molecular weight excluding hydrogens is 347 g/mol. The Bertz CT molecular complexity index is 718. The summed E-state index contributed by atoms with van der Waals surface area (Å²) < 4.78 is 10.9. The molecule has 0 aliphatic carbocycles. The molecule has 1 heterocycles. The molecule has 24 heavy (non-hydrogen) atoms. The molecule has 0 unspecified atom stereocenters. The van der Waals surface area contributed by atoms with Crippen LogP contribution in [-0.2, 0) is 17.6 Å². The molecular formula is C19H20Cl2O3. The van der Waals surface area contributed by atoms with Crippen LogP contribution in [0.2, 0.25) is 10.0 Å². The first kappa shape index (κ1) is 17.4. The maximum absolute atomic E-state index is 9.72. The Morgan fingerprint density at radius 1 is 1.00 bits per heavy atom. The maximum atomic E-state index is 9.72. The van der Waals surface area contributed by atoms with E-state index < -0.39 is 0 Å². The maximum Gasteiger partial charge on any atom is 0.160 e. The van der Waals surface area contributed by atoms with Crippen LogP contribution in [0.25, 0.3) is 0 Å². The van der Waals surface area contributed by atoms with E-state index in [1.807, 2.05) is 30.3 Å². The molecule has 3 nitrogen and oxygen atoms in total. The van der Waals surface area contributed by atoms with Gasteiger partial charge in [0, 0.05) is 0 Å². The molecule has 1 saturated heterocycles. The van der Waals surface area contributed by atoms with Gasteiger partial charge in [-0.15, -0.1) is 0 Å². The number of phenols is 1. The molecule has 0 amide bonds. The van der Waals surface area contributed by atoms with Crippen LogP contribution in [0.4, 0.5) is 0 Å². The van der Waals surface area contributed by atoms with Crippen molar-refractivity contribution in [3.63, 3.8) is 0 Å². The standard InChI is InChI=1S/C19H20Cl2O3/c1-23-19-9-13(3-5-18(19)22)7-15-11-24-10-14(15)6-12-2-4-16(20)17(21)8-12/h2-5,8-9,14-15,22H,6-7,10-11H2,1H3/t14-,15-/m0/s1. The highest BCUT2D eigenvalue weighted by molar-refractivity contribution is 6.42. The second kappa shape index (κ2) is 7.64. The van der Waals surface area contributed by atoms with Crippen molar-refractivity contribution in [2.75, 3.05) is 20.3 Å². The fourth-order valence-electron chi connectivity index (χ4n) is 3.22. The fraction of sp³-hybridized carbons (Fsp3) is 0.368. The minimum Gasteiger partial charge on any atom is -0.504 e. The normalized spacial score (nSPS) is 20.3. The number of benzene rings is 2. The van der Waals surface area contributed by atoms with Crippen molar-refractivity contribution in [3.05, 3.63) is 57.6 Å². The molecule has 1 aliphatic rings. The molecule has 2 atom stereocenters. The summed E-state index contributed by atoms with van der Waals surface area (Å²) in [4.78, 5) is 0. The van der Waals surface area contributed by atoms with E-state index in [2.05, 4.69) is 0 Å². The van der Waals surface area contributed by atoms with Gasteiger partial charge in [0.15, 0.2) is 11.5 Å². The van der Waals surface area contributed by atoms with Crippen molar-refractivity contribution < 1.29 is 14.6 Å². The zero-order valence-electron chi connectivity index (χ0n) is 13.5. The summed E-state index contributed by atoms with van der Waals surface area (Å²) in [5, 5.41) is 10.9. The van der Waals surface area contributed by atoms with Crippen molar-refractivity contribution in [2.45, 2.75) is 12.8 Å². The lowest BCUT2D eigenvalue weighted by molar-refractivity contribution is 0.180. The zero-order valence-corrected chi connectivity index (χ0v) is 15.0. The van der Waals surface area contributed by atoms with Gasteiger partial charge in [0.05, 0.1) is 30.4 Å². The zero-order chi connectivity index (χ0) is 17.1. The third kappa shape index (κ3) is 3.97. The van der Waals surface area contributed by atoms with Gasteiger partial charge in [-0.25, -0.2) is 0 Å². The van der Waals surface area contributed by atoms with Gasteiger partial charge >= 0.3 is 0 Å². The lowest BCUT2D eigenvalue weighted by atomic mass is 9.85. The number of hydrogen-bond acceptors (Lipinski definition) is 3. The third-order valence-corrected chi connectivity index (χ3v) is 5.29. The van der Waals surface area contributed by atoms with Crippen molar-refractivity contribution >= 4 is 23.2 Å². The summed E-state index contributed by atoms with van der Waals surface area (Å²) in [6, 6.07) is 11.3. The first-order chi connectivity index (χ1) is 11.6. The van der Waals surface area contributed by atoms with Gasteiger partial charge in [0.25, 0.3) is 0 Å². The third-order valence-electron chi connectivity index (χ3n) is 4.55. The first-order valence-corrected chi connectivity index (χ1v) is 8.70. The molecule has 2 aromatic rings. The van der Waals surface area contributed by atoms with Crippen LogP contribution >= 0.6 is 23.2 Å². The molecule has 0 aromatic heterocycles. The monoisotopic (exact) mass is 366 g/mol. The summed E-state index contributed by atoms with van der Waals surface area (Å²) >= 11 is 12.1. The van der Waals surface area contributed by atoms with Gasteiger partial charge in [0.1, 0.15) is 0 Å². The van der Waals surface area contributed by atoms with Crippen molar-refractivity contribution in [1.82, 2.24) is 0 Å². The molecule has 0 radical (unpaired) electrons. The molecule has 2 aromatic carbocycles. The minimum atomic E-state index is 0.163. The molecule has 0 spiro atoms. The average molecular weight is 367 g/mol. The number of phenolic OH excluding ortho intramolecular Hbond substituents is 1. The van der Waals surface area contributed by atoms with Crippen LogP contribution in [0.1, 0.15) is 11.1 Å². The summed E-state index contributed by atoms with van der Waals surface area (Å²) in [5.74, 6) is 1.53. The van der Waals surface area contributed by atoms with Gasteiger partial charge in [-0.05, 0) is 60.1 Å². The highest BCUT2D eigenvalue weighted by Gasteiger charge is 2.28. The lowest BCUT2D eigenvalue weighted by Gasteiger charge is -2.18. The molecule has 0 saturated carbocycles. The lowest BCUT2D eigenvalue weighted by Crippen LogP contribution is -2.17. The van der Waals surface area contributed by atoms with Gasteiger partial charge in [0.2, 0.25) is 0 Å². The van der Waals surface area contributed by atoms with Gasteiger partial charge < -0.3 is 14.6 Å². The minimum absolute atomic E-state index is 0.163. The van der Waals surface area contributed by atoms with Crippen LogP contribution in [0.15, 0.2) is 36.4 Å². The topological polar surface area (TPSA) is 38.7 Å². The summed E-state index contributed by atoms with van der Waals surface area (Å²) in [6.45, 7) is 1.50. The Balaban J connectivity index is 1.70. The smallest absolute Gasteiger partial charge is 0.160 e. The summed E-state index contributed by atoms with van der Waals surface area (Å²) in [7, 11) is 1.56. The largest absolute Gasteiger partial charge is 0.504 e. The Labute approximate surface area is 152 Å². The highest BCUT2D eigenvalue weighted by Crippen LogP contribution is 2.32. The van der Waals surface area contributed by atoms with E-state index in [0.29, 0.717) is 27.6 Å². The van der Waals surface area contributed by atoms with E-state index in [4.69, 9.17) is 32.7 Å². The van der Waals surface area contributed by atoms with Crippen molar-refractivity contribution in [2.24, 2.45) is 11.8 Å². The van der Waals surface area contributed by atoms with Crippen LogP contribution < -0.4 is 4.74 Å². The van der Waals surface area contributed by atoms with Crippen LogP contribution in [0.3, 0.4) is 0 Å². The van der Waals surface area contributed by atoms with E-state index >= 15 is 0 Å². The summed E-state index contributed by atoms with van der Waals surface area (Å²) in [6.07, 6.45) is 1.80. The van der Waals surface area contributed by atoms with Crippen molar-refractivity contribution in [1.29, 1.82) is 0 Å². The van der Waals surface area contributed by atoms with E-state index in [-0.39, 0.29) is 5.75 Å². The predicted molar refractivity (Wildman–Crippen MR) is 96.3 cm³/mol. The number of ether oxygens (including phenoxy) is 2. The molecule has 1 fully saturated rings. The fourth-order valence-corrected chi connectivity index (χ4v) is 3.54. The predicted octanol–water partition coefficient (Wildman–Crippen LogP) is 4.76. The molecule has 128 valence electrons. The van der Waals surface area contributed by atoms with Crippen molar-refractivity contribution in [3.8, 4) is 11.5 Å². The van der Waals surface area contributed by atoms with E-state index in [1.54, 1.807) is 13.2 Å². The van der Waals surface area contributed by atoms with Crippen LogP contribution in [0.5, 0.6) is 11.5 Å². The van der Waals surface area contributed by atoms with Gasteiger partial charge in [-0.3, -0.25) is 0 Å². The highest BCUT2D eigenvalue weighted by atomic mass is 35.5. The number of halogens is 2. The Hall–Kier alpha value is -1.42. The average Bonchev–Trinajstić information content (AvgIpc) is 2.99. The Morgan fingerprint density at radius 2 is 1.62 bits per heavy atom. The molecule has 5 heteroatoms. The van der Waals surface area contributed by atoms with E-state index in [9.17, 15) is 5.11 Å². The molecule has 0 bridgehead atoms. The number of rotatable bonds is 5. The van der Waals surface area contributed by atoms with Crippen LogP contribution in [-0.4, -0.2) is 25.4 Å².